The molecule has 0 aliphatic heterocycles. The minimum atomic E-state index is 0.00778. The molecule has 3 N–H and O–H groups in total. The first kappa shape index (κ1) is 14.5. The molecule has 1 amide bonds. The molecule has 1 saturated carbocycles. The van der Waals surface area contributed by atoms with E-state index in [4.69, 9.17) is 5.73 Å². The predicted molar refractivity (Wildman–Crippen MR) is 78.0 cm³/mol. The van der Waals surface area contributed by atoms with Gasteiger partial charge in [0.05, 0.1) is 6.04 Å². The molecule has 1 aromatic rings. The van der Waals surface area contributed by atoms with Crippen LogP contribution in [-0.2, 0) is 11.2 Å². The Kier molecular flexibility index (Phi) is 4.93. The summed E-state index contributed by atoms with van der Waals surface area (Å²) < 4.78 is 0. The minimum Gasteiger partial charge on any atom is -0.347 e. The van der Waals surface area contributed by atoms with Crippen LogP contribution in [0.25, 0.3) is 0 Å². The third-order valence-electron chi connectivity index (χ3n) is 3.79. The molecule has 1 heterocycles. The van der Waals surface area contributed by atoms with E-state index in [0.29, 0.717) is 0 Å². The van der Waals surface area contributed by atoms with Crippen LogP contribution in [0.15, 0.2) is 6.20 Å². The first-order valence-electron chi connectivity index (χ1n) is 7.10. The molecule has 5 heteroatoms. The summed E-state index contributed by atoms with van der Waals surface area (Å²) >= 11 is 1.68. The lowest BCUT2D eigenvalue weighted by atomic mass is 9.86. The van der Waals surface area contributed by atoms with E-state index in [9.17, 15) is 4.79 Å². The quantitative estimate of drug-likeness (QED) is 0.890. The van der Waals surface area contributed by atoms with Crippen molar-refractivity contribution in [3.63, 3.8) is 0 Å². The van der Waals surface area contributed by atoms with Crippen molar-refractivity contribution in [3.8, 4) is 0 Å². The molecule has 2 rings (SSSR count). The number of nitrogens with zero attached hydrogens (tertiary/aromatic N) is 1. The molecular weight excluding hydrogens is 258 g/mol. The lowest BCUT2D eigenvalue weighted by Gasteiger charge is -2.26. The summed E-state index contributed by atoms with van der Waals surface area (Å²) in [4.78, 5) is 17.8. The molecule has 1 aliphatic carbocycles. The van der Waals surface area contributed by atoms with E-state index < -0.39 is 0 Å². The van der Waals surface area contributed by atoms with E-state index in [-0.39, 0.29) is 23.9 Å². The second kappa shape index (κ2) is 6.48. The van der Waals surface area contributed by atoms with E-state index in [0.717, 1.165) is 37.1 Å². The summed E-state index contributed by atoms with van der Waals surface area (Å²) in [7, 11) is 0. The van der Waals surface area contributed by atoms with Crippen molar-refractivity contribution in [2.45, 2.75) is 58.0 Å². The number of aryl methyl sites for hydroxylation is 1. The van der Waals surface area contributed by atoms with Gasteiger partial charge in [-0.1, -0.05) is 6.92 Å². The highest BCUT2D eigenvalue weighted by atomic mass is 32.1. The van der Waals surface area contributed by atoms with E-state index >= 15 is 0 Å². The lowest BCUT2D eigenvalue weighted by Crippen LogP contribution is -2.37. The summed E-state index contributed by atoms with van der Waals surface area (Å²) in [6.07, 6.45) is 6.66. The maximum absolute atomic E-state index is 12.2. The van der Waals surface area contributed by atoms with Crippen molar-refractivity contribution in [2.24, 2.45) is 11.7 Å². The average Bonchev–Trinajstić information content (AvgIpc) is 2.88. The molecule has 1 unspecified atom stereocenters. The van der Waals surface area contributed by atoms with Crippen LogP contribution < -0.4 is 11.1 Å². The predicted octanol–water partition coefficient (Wildman–Crippen LogP) is 2.40. The SMILES string of the molecule is CCc1cnc(C(C)NC(=O)C2CCC(N)CC2)s1. The number of hydrogen-bond donors (Lipinski definition) is 2. The summed E-state index contributed by atoms with van der Waals surface area (Å²) in [5.74, 6) is 0.292. The molecule has 106 valence electrons. The molecule has 4 nitrogen and oxygen atoms in total. The van der Waals surface area contributed by atoms with Gasteiger partial charge in [-0.05, 0) is 39.0 Å². The standard InChI is InChI=1S/C14H23N3OS/c1-3-12-8-16-14(19-12)9(2)17-13(18)10-4-6-11(15)7-5-10/h8-11H,3-7,15H2,1-2H3,(H,17,18). The van der Waals surface area contributed by atoms with E-state index in [1.54, 1.807) is 11.3 Å². The van der Waals surface area contributed by atoms with Gasteiger partial charge in [0.1, 0.15) is 5.01 Å². The smallest absolute Gasteiger partial charge is 0.223 e. The Balaban J connectivity index is 1.87. The fourth-order valence-electron chi connectivity index (χ4n) is 2.46. The third kappa shape index (κ3) is 3.76. The Morgan fingerprint density at radius 1 is 1.53 bits per heavy atom. The Morgan fingerprint density at radius 2 is 2.21 bits per heavy atom. The van der Waals surface area contributed by atoms with Gasteiger partial charge in [-0.25, -0.2) is 4.98 Å². The molecule has 0 aromatic carbocycles. The summed E-state index contributed by atoms with van der Waals surface area (Å²) in [6, 6.07) is 0.293. The number of aromatic nitrogens is 1. The van der Waals surface area contributed by atoms with Gasteiger partial charge in [-0.3, -0.25) is 4.79 Å². The Hall–Kier alpha value is -0.940. The van der Waals surface area contributed by atoms with E-state index in [1.165, 1.54) is 4.88 Å². The molecule has 1 atom stereocenters. The van der Waals surface area contributed by atoms with Gasteiger partial charge in [-0.2, -0.15) is 0 Å². The fourth-order valence-corrected chi connectivity index (χ4v) is 3.32. The molecule has 19 heavy (non-hydrogen) atoms. The molecule has 0 bridgehead atoms. The van der Waals surface area contributed by atoms with Gasteiger partial charge < -0.3 is 11.1 Å². The van der Waals surface area contributed by atoms with Crippen LogP contribution >= 0.6 is 11.3 Å². The van der Waals surface area contributed by atoms with Crippen LogP contribution in [0.4, 0.5) is 0 Å². The van der Waals surface area contributed by atoms with Crippen molar-refractivity contribution < 1.29 is 4.79 Å². The summed E-state index contributed by atoms with van der Waals surface area (Å²) in [5.41, 5.74) is 5.87. The lowest BCUT2D eigenvalue weighted by molar-refractivity contribution is -0.126. The van der Waals surface area contributed by atoms with Crippen molar-refractivity contribution in [3.05, 3.63) is 16.1 Å². The van der Waals surface area contributed by atoms with Crippen molar-refractivity contribution in [1.82, 2.24) is 10.3 Å². The second-order valence-corrected chi connectivity index (χ2v) is 6.51. The van der Waals surface area contributed by atoms with Gasteiger partial charge >= 0.3 is 0 Å². The Morgan fingerprint density at radius 3 is 2.79 bits per heavy atom. The normalized spacial score (nSPS) is 25.0. The zero-order valence-electron chi connectivity index (χ0n) is 11.7. The number of carbonyl (C=O) groups is 1. The Labute approximate surface area is 118 Å². The van der Waals surface area contributed by atoms with Crippen LogP contribution in [0, 0.1) is 5.92 Å². The molecule has 0 spiro atoms. The van der Waals surface area contributed by atoms with E-state index in [2.05, 4.69) is 17.2 Å². The fraction of sp³-hybridized carbons (Fsp3) is 0.714. The zero-order valence-corrected chi connectivity index (χ0v) is 12.5. The van der Waals surface area contributed by atoms with Crippen LogP contribution in [0.1, 0.15) is 55.5 Å². The van der Waals surface area contributed by atoms with E-state index in [1.807, 2.05) is 13.1 Å². The number of hydrogen-bond acceptors (Lipinski definition) is 4. The highest BCUT2D eigenvalue weighted by Crippen LogP contribution is 2.25. The number of amides is 1. The number of rotatable bonds is 4. The maximum Gasteiger partial charge on any atom is 0.223 e. The average molecular weight is 281 g/mol. The van der Waals surface area contributed by atoms with Crippen molar-refractivity contribution in [1.29, 1.82) is 0 Å². The van der Waals surface area contributed by atoms with Crippen molar-refractivity contribution >= 4 is 17.2 Å². The van der Waals surface area contributed by atoms with Gasteiger partial charge in [0.15, 0.2) is 0 Å². The van der Waals surface area contributed by atoms with Gasteiger partial charge in [0, 0.05) is 23.0 Å². The van der Waals surface area contributed by atoms with Crippen LogP contribution in [0.3, 0.4) is 0 Å². The van der Waals surface area contributed by atoms with Gasteiger partial charge in [0.25, 0.3) is 0 Å². The highest BCUT2D eigenvalue weighted by Gasteiger charge is 2.26. The monoisotopic (exact) mass is 281 g/mol. The molecule has 0 radical (unpaired) electrons. The first-order chi connectivity index (χ1) is 9.10. The number of nitrogens with two attached hydrogens (primary N) is 1. The molecule has 1 fully saturated rings. The highest BCUT2D eigenvalue weighted by molar-refractivity contribution is 7.11. The number of nitrogens with one attached hydrogen (secondary N) is 1. The van der Waals surface area contributed by atoms with Crippen LogP contribution in [0.2, 0.25) is 0 Å². The van der Waals surface area contributed by atoms with Gasteiger partial charge in [0.2, 0.25) is 5.91 Å². The van der Waals surface area contributed by atoms with Crippen LogP contribution in [-0.4, -0.2) is 16.9 Å². The topological polar surface area (TPSA) is 68.0 Å². The van der Waals surface area contributed by atoms with Crippen molar-refractivity contribution in [2.75, 3.05) is 0 Å². The van der Waals surface area contributed by atoms with Gasteiger partial charge in [-0.15, -0.1) is 11.3 Å². The Bertz CT molecular complexity index is 424. The largest absolute Gasteiger partial charge is 0.347 e. The first-order valence-corrected chi connectivity index (χ1v) is 7.92. The molecular formula is C14H23N3OS. The molecule has 0 saturated heterocycles. The summed E-state index contributed by atoms with van der Waals surface area (Å²) in [6.45, 7) is 4.12. The zero-order chi connectivity index (χ0) is 13.8. The molecule has 1 aromatic heterocycles. The number of thiazole rings is 1. The minimum absolute atomic E-state index is 0.00778. The maximum atomic E-state index is 12.2. The molecule has 1 aliphatic rings. The van der Waals surface area contributed by atoms with Crippen LogP contribution in [0.5, 0.6) is 0 Å². The third-order valence-corrected chi connectivity index (χ3v) is 5.12. The summed E-state index contributed by atoms with van der Waals surface area (Å²) in [5, 5.41) is 4.08. The second-order valence-electron chi connectivity index (χ2n) is 5.36. The number of carbonyl (C=O) groups excluding carboxylic acids is 1.